The Morgan fingerprint density at radius 3 is 2.55 bits per heavy atom. The van der Waals surface area contributed by atoms with Gasteiger partial charge in [-0.1, -0.05) is 0 Å². The summed E-state index contributed by atoms with van der Waals surface area (Å²) in [4.78, 5) is 23.1. The molecule has 14 heteroatoms. The van der Waals surface area contributed by atoms with Gasteiger partial charge in [-0.3, -0.25) is 9.62 Å². The highest BCUT2D eigenvalue weighted by Gasteiger charge is 2.39. The number of nitrogens with zero attached hydrogens (tertiary/aromatic N) is 3. The molecule has 0 bridgehead atoms. The number of anilines is 2. The van der Waals surface area contributed by atoms with E-state index in [1.54, 1.807) is 20.8 Å². The van der Waals surface area contributed by atoms with Crippen LogP contribution in [0.25, 0.3) is 0 Å². The highest BCUT2D eigenvalue weighted by atomic mass is 32.2. The summed E-state index contributed by atoms with van der Waals surface area (Å²) in [5.41, 5.74) is -0.933. The molecule has 2 N–H and O–H groups in total. The Morgan fingerprint density at radius 2 is 2.00 bits per heavy atom. The first-order chi connectivity index (χ1) is 15.2. The van der Waals surface area contributed by atoms with E-state index in [1.165, 1.54) is 25.1 Å². The number of fused-ring (bicyclic) bond motifs is 1. The number of amides is 1. The van der Waals surface area contributed by atoms with Gasteiger partial charge in [0.25, 0.3) is 10.0 Å². The van der Waals surface area contributed by atoms with E-state index in [2.05, 4.69) is 10.4 Å². The highest BCUT2D eigenvalue weighted by Crippen LogP contribution is 2.39. The summed E-state index contributed by atoms with van der Waals surface area (Å²) in [6.07, 6.45) is -1.68. The van der Waals surface area contributed by atoms with Crippen LogP contribution in [-0.4, -0.2) is 53.6 Å². The van der Waals surface area contributed by atoms with Crippen molar-refractivity contribution < 1.29 is 41.4 Å². The third-order valence-corrected chi connectivity index (χ3v) is 6.27. The molecule has 0 fully saturated rings. The van der Waals surface area contributed by atoms with Crippen molar-refractivity contribution in [1.29, 1.82) is 0 Å². The van der Waals surface area contributed by atoms with Gasteiger partial charge in [0.2, 0.25) is 6.10 Å². The Hall–Kier alpha value is -3.42. The lowest BCUT2D eigenvalue weighted by molar-refractivity contribution is -0.144. The van der Waals surface area contributed by atoms with Crippen molar-refractivity contribution in [2.45, 2.75) is 50.8 Å². The maximum absolute atomic E-state index is 13.4. The molecule has 1 aromatic heterocycles. The Balaban J connectivity index is 2.05. The molecule has 1 atom stereocenters. The highest BCUT2D eigenvalue weighted by molar-refractivity contribution is 7.92. The molecule has 11 nitrogen and oxygen atoms in total. The smallest absolute Gasteiger partial charge is 0.412 e. The van der Waals surface area contributed by atoms with Crippen LogP contribution in [0.3, 0.4) is 0 Å². The molecule has 1 aliphatic rings. The predicted molar refractivity (Wildman–Crippen MR) is 111 cm³/mol. The number of hydrogen-bond donors (Lipinski definition) is 2. The molecule has 3 rings (SSSR count). The maximum Gasteiger partial charge on any atom is 0.412 e. The Bertz CT molecular complexity index is 1190. The molecule has 180 valence electrons. The van der Waals surface area contributed by atoms with Crippen LogP contribution >= 0.6 is 0 Å². The minimum absolute atomic E-state index is 0.0918. The number of carboxylic acids is 1. The summed E-state index contributed by atoms with van der Waals surface area (Å²) >= 11 is 0. The normalized spacial score (nSPS) is 16.2. The number of aliphatic carboxylic acids is 1. The van der Waals surface area contributed by atoms with Gasteiger partial charge in [0.05, 0.1) is 24.1 Å². The van der Waals surface area contributed by atoms with Crippen LogP contribution < -0.4 is 14.4 Å². The molecule has 1 aromatic carbocycles. The summed E-state index contributed by atoms with van der Waals surface area (Å²) < 4.78 is 64.3. The van der Waals surface area contributed by atoms with Crippen LogP contribution in [-0.2, 0) is 19.6 Å². The first-order valence-electron chi connectivity index (χ1n) is 9.59. The number of carbonyl (C=O) groups excluding carboxylic acids is 1. The lowest BCUT2D eigenvalue weighted by Crippen LogP contribution is -2.47. The minimum Gasteiger partial charge on any atom is -0.478 e. The number of carboxylic acid groups (broad SMARTS) is 1. The maximum atomic E-state index is 13.4. The second-order valence-electron chi connectivity index (χ2n) is 8.13. The van der Waals surface area contributed by atoms with Crippen molar-refractivity contribution in [2.75, 3.05) is 16.2 Å². The molecule has 0 unspecified atom stereocenters. The molecule has 2 heterocycles. The zero-order valence-corrected chi connectivity index (χ0v) is 18.9. The van der Waals surface area contributed by atoms with E-state index >= 15 is 0 Å². The van der Waals surface area contributed by atoms with Crippen LogP contribution in [0, 0.1) is 6.92 Å². The van der Waals surface area contributed by atoms with E-state index in [4.69, 9.17) is 9.47 Å². The molecule has 1 amide bonds. The van der Waals surface area contributed by atoms with Gasteiger partial charge in [0, 0.05) is 5.69 Å². The predicted octanol–water partition coefficient (Wildman–Crippen LogP) is 2.97. The van der Waals surface area contributed by atoms with Crippen molar-refractivity contribution in [3.63, 3.8) is 0 Å². The number of rotatable bonds is 5. The first-order valence-corrected chi connectivity index (χ1v) is 11.0. The molecule has 0 saturated heterocycles. The summed E-state index contributed by atoms with van der Waals surface area (Å²) in [6, 6.07) is 3.91. The summed E-state index contributed by atoms with van der Waals surface area (Å²) in [6.45, 7) is 2.52. The van der Waals surface area contributed by atoms with Crippen LogP contribution in [0.15, 0.2) is 29.3 Å². The van der Waals surface area contributed by atoms with Gasteiger partial charge in [-0.15, -0.1) is 0 Å². The van der Waals surface area contributed by atoms with Crippen molar-refractivity contribution in [2.24, 2.45) is 0 Å². The molecule has 0 saturated carbocycles. The van der Waals surface area contributed by atoms with Crippen LogP contribution in [0.2, 0.25) is 0 Å². The lowest BCUT2D eigenvalue weighted by atomic mass is 10.2. The van der Waals surface area contributed by atoms with Crippen LogP contribution in [0.5, 0.6) is 5.75 Å². The van der Waals surface area contributed by atoms with Crippen LogP contribution in [0.1, 0.15) is 33.0 Å². The second kappa shape index (κ2) is 8.50. The fourth-order valence-electron chi connectivity index (χ4n) is 3.04. The number of aryl methyl sites for hydroxylation is 1. The number of halogens is 2. The Kier molecular flexibility index (Phi) is 6.24. The molecule has 0 spiro atoms. The van der Waals surface area contributed by atoms with Crippen molar-refractivity contribution >= 4 is 33.5 Å². The molecule has 2 aromatic rings. The number of alkyl halides is 2. The second-order valence-corrected chi connectivity index (χ2v) is 9.96. The van der Waals surface area contributed by atoms with E-state index < -0.39 is 51.8 Å². The minimum atomic E-state index is -4.53. The molecular formula is C19H22F2N4O7S. The third kappa shape index (κ3) is 5.16. The Morgan fingerprint density at radius 1 is 1.33 bits per heavy atom. The van der Waals surface area contributed by atoms with Crippen molar-refractivity contribution in [3.8, 4) is 5.75 Å². The molecule has 1 aliphatic heterocycles. The number of sulfonamides is 1. The first kappa shape index (κ1) is 24.2. The monoisotopic (exact) mass is 488 g/mol. The molecule has 33 heavy (non-hydrogen) atoms. The number of benzene rings is 1. The van der Waals surface area contributed by atoms with E-state index in [1.807, 2.05) is 0 Å². The Labute approximate surface area is 187 Å². The van der Waals surface area contributed by atoms with E-state index in [-0.39, 0.29) is 27.5 Å². The van der Waals surface area contributed by atoms with Gasteiger partial charge in [0.1, 0.15) is 16.2 Å². The number of hydrogen-bond acceptors (Lipinski definition) is 7. The third-order valence-electron chi connectivity index (χ3n) is 4.39. The molecule has 0 aliphatic carbocycles. The number of aromatic nitrogens is 2. The zero-order valence-electron chi connectivity index (χ0n) is 18.1. The van der Waals surface area contributed by atoms with Gasteiger partial charge in [-0.2, -0.15) is 13.9 Å². The summed E-state index contributed by atoms with van der Waals surface area (Å²) in [5, 5.41) is 15.4. The fraction of sp³-hybridized carbons (Fsp3) is 0.421. The van der Waals surface area contributed by atoms with Gasteiger partial charge >= 0.3 is 18.6 Å². The van der Waals surface area contributed by atoms with Crippen molar-refractivity contribution in [1.82, 2.24) is 9.78 Å². The summed E-state index contributed by atoms with van der Waals surface area (Å²) in [5.74, 6) is -1.51. The molecule has 0 radical (unpaired) electrons. The van der Waals surface area contributed by atoms with Crippen LogP contribution in [0.4, 0.5) is 25.0 Å². The zero-order chi connectivity index (χ0) is 24.7. The van der Waals surface area contributed by atoms with Gasteiger partial charge in [0.15, 0.2) is 0 Å². The van der Waals surface area contributed by atoms with E-state index in [9.17, 15) is 31.9 Å². The SMILES string of the molecule is Cc1nn(C(F)F)cc1S(=O)(=O)N1C[C@H](C(=O)O)Oc2ccc(NC(=O)OC(C)(C)C)cc21. The molecular weight excluding hydrogens is 466 g/mol. The number of nitrogens with one attached hydrogen (secondary N) is 1. The lowest BCUT2D eigenvalue weighted by Gasteiger charge is -2.33. The average molecular weight is 488 g/mol. The number of carbonyl (C=O) groups is 2. The number of ether oxygens (including phenoxy) is 2. The topological polar surface area (TPSA) is 140 Å². The van der Waals surface area contributed by atoms with E-state index in [0.717, 1.165) is 4.31 Å². The van der Waals surface area contributed by atoms with Crippen molar-refractivity contribution in [3.05, 3.63) is 30.1 Å². The van der Waals surface area contributed by atoms with Gasteiger partial charge in [-0.25, -0.2) is 22.7 Å². The largest absolute Gasteiger partial charge is 0.478 e. The summed E-state index contributed by atoms with van der Waals surface area (Å²) in [7, 11) is -4.53. The quantitative estimate of drug-likeness (QED) is 0.655. The average Bonchev–Trinajstić information content (AvgIpc) is 3.08. The van der Waals surface area contributed by atoms with E-state index in [0.29, 0.717) is 6.20 Å². The fourth-order valence-corrected chi connectivity index (χ4v) is 4.67. The van der Waals surface area contributed by atoms with Gasteiger partial charge in [-0.05, 0) is 45.9 Å². The van der Waals surface area contributed by atoms with Gasteiger partial charge < -0.3 is 14.6 Å². The standard InChI is InChI=1S/C19H22F2N4O7S/c1-10-15(9-24(23-10)17(20)21)33(29,30)25-8-14(16(26)27)31-13-6-5-11(7-12(13)25)22-18(28)32-19(2,3)4/h5-7,9,14,17H,8H2,1-4H3,(H,22,28)(H,26,27)/t14-/m1/s1.